The van der Waals surface area contributed by atoms with Crippen LogP contribution in [0.5, 0.6) is 0 Å². The third-order valence-corrected chi connectivity index (χ3v) is 5.76. The Morgan fingerprint density at radius 1 is 1.44 bits per heavy atom. The van der Waals surface area contributed by atoms with Crippen molar-refractivity contribution in [1.82, 2.24) is 10.2 Å². The molecule has 0 bridgehead atoms. The molecule has 2 atom stereocenters. The van der Waals surface area contributed by atoms with Crippen molar-refractivity contribution in [3.8, 4) is 0 Å². The molecular formula is C18H25BrN2O3S. The number of aliphatic hydroxyl groups is 1. The molecule has 7 heteroatoms. The second-order valence-corrected chi connectivity index (χ2v) is 8.10. The van der Waals surface area contributed by atoms with E-state index in [1.807, 2.05) is 18.4 Å². The summed E-state index contributed by atoms with van der Waals surface area (Å²) >= 11 is 5.04. The lowest BCUT2D eigenvalue weighted by atomic mass is 9.98. The molecule has 0 spiro atoms. The van der Waals surface area contributed by atoms with Gasteiger partial charge in [-0.3, -0.25) is 9.59 Å². The molecule has 25 heavy (non-hydrogen) atoms. The van der Waals surface area contributed by atoms with Gasteiger partial charge in [0, 0.05) is 24.2 Å². The maximum atomic E-state index is 12.9. The molecule has 0 saturated carbocycles. The van der Waals surface area contributed by atoms with Gasteiger partial charge in [-0.15, -0.1) is 0 Å². The van der Waals surface area contributed by atoms with Crippen LogP contribution >= 0.6 is 27.7 Å². The molecule has 1 aliphatic heterocycles. The lowest BCUT2D eigenvalue weighted by Gasteiger charge is -2.34. The van der Waals surface area contributed by atoms with Gasteiger partial charge in [0.25, 0.3) is 5.91 Å². The zero-order valence-electron chi connectivity index (χ0n) is 14.4. The summed E-state index contributed by atoms with van der Waals surface area (Å²) in [4.78, 5) is 27.3. The first-order chi connectivity index (χ1) is 12.1. The zero-order valence-corrected chi connectivity index (χ0v) is 16.8. The Hall–Kier alpha value is -1.05. The van der Waals surface area contributed by atoms with Crippen LogP contribution in [0.15, 0.2) is 28.7 Å². The topological polar surface area (TPSA) is 69.6 Å². The Morgan fingerprint density at radius 3 is 2.88 bits per heavy atom. The van der Waals surface area contributed by atoms with Crippen molar-refractivity contribution in [2.45, 2.75) is 25.3 Å². The van der Waals surface area contributed by atoms with Crippen LogP contribution in [0.4, 0.5) is 0 Å². The van der Waals surface area contributed by atoms with Crippen LogP contribution in [0.3, 0.4) is 0 Å². The van der Waals surface area contributed by atoms with Crippen molar-refractivity contribution >= 4 is 39.5 Å². The Labute approximate surface area is 161 Å². The molecule has 1 aliphatic rings. The van der Waals surface area contributed by atoms with Gasteiger partial charge in [-0.25, -0.2) is 0 Å². The van der Waals surface area contributed by atoms with Gasteiger partial charge in [-0.05, 0) is 65.3 Å². The number of halogens is 1. The van der Waals surface area contributed by atoms with Crippen LogP contribution in [0, 0.1) is 5.92 Å². The molecule has 1 fully saturated rings. The van der Waals surface area contributed by atoms with Crippen molar-refractivity contribution < 1.29 is 14.7 Å². The summed E-state index contributed by atoms with van der Waals surface area (Å²) in [5.74, 6) is 0.636. The number of nitrogens with one attached hydrogen (secondary N) is 1. The van der Waals surface area contributed by atoms with E-state index in [0.29, 0.717) is 29.5 Å². The molecule has 1 aromatic rings. The SMILES string of the molecule is CSCCC(NC(=O)c1ccccc1Br)C(=O)N1CCCC(CO)C1. The molecule has 1 heterocycles. The molecule has 0 aliphatic carbocycles. The van der Waals surface area contributed by atoms with Crippen molar-refractivity contribution in [2.24, 2.45) is 5.92 Å². The van der Waals surface area contributed by atoms with E-state index in [4.69, 9.17) is 0 Å². The Kier molecular flexibility index (Phi) is 8.26. The van der Waals surface area contributed by atoms with E-state index >= 15 is 0 Å². The van der Waals surface area contributed by atoms with Crippen LogP contribution in [-0.4, -0.2) is 59.6 Å². The standard InChI is InChI=1S/C18H25BrN2O3S/c1-25-10-8-16(18(24)21-9-4-5-13(11-21)12-22)20-17(23)14-6-2-3-7-15(14)19/h2-3,6-7,13,16,22H,4-5,8-12H2,1H3,(H,20,23). The number of benzene rings is 1. The number of piperidine rings is 1. The average molecular weight is 429 g/mol. The van der Waals surface area contributed by atoms with Gasteiger partial charge in [0.2, 0.25) is 5.91 Å². The molecule has 2 rings (SSSR count). The van der Waals surface area contributed by atoms with Gasteiger partial charge < -0.3 is 15.3 Å². The van der Waals surface area contributed by atoms with E-state index in [0.717, 1.165) is 18.6 Å². The number of carbonyl (C=O) groups is 2. The first-order valence-electron chi connectivity index (χ1n) is 8.50. The maximum absolute atomic E-state index is 12.9. The summed E-state index contributed by atoms with van der Waals surface area (Å²) in [5.41, 5.74) is 0.524. The van der Waals surface area contributed by atoms with E-state index in [2.05, 4.69) is 21.2 Å². The highest BCUT2D eigenvalue weighted by molar-refractivity contribution is 9.10. The number of amides is 2. The van der Waals surface area contributed by atoms with Crippen molar-refractivity contribution in [1.29, 1.82) is 0 Å². The van der Waals surface area contributed by atoms with Gasteiger partial charge in [-0.2, -0.15) is 11.8 Å². The number of thioether (sulfide) groups is 1. The van der Waals surface area contributed by atoms with Crippen LogP contribution in [0.25, 0.3) is 0 Å². The highest BCUT2D eigenvalue weighted by atomic mass is 79.9. The summed E-state index contributed by atoms with van der Waals surface area (Å²) < 4.78 is 0.710. The van der Waals surface area contributed by atoms with E-state index in [1.165, 1.54) is 0 Å². The van der Waals surface area contributed by atoms with E-state index in [-0.39, 0.29) is 24.3 Å². The lowest BCUT2D eigenvalue weighted by Crippen LogP contribution is -2.52. The number of carbonyl (C=O) groups excluding carboxylic acids is 2. The zero-order chi connectivity index (χ0) is 18.2. The van der Waals surface area contributed by atoms with Crippen LogP contribution < -0.4 is 5.32 Å². The molecular weight excluding hydrogens is 404 g/mol. The highest BCUT2D eigenvalue weighted by Crippen LogP contribution is 2.19. The van der Waals surface area contributed by atoms with E-state index < -0.39 is 6.04 Å². The summed E-state index contributed by atoms with van der Waals surface area (Å²) in [5, 5.41) is 12.3. The van der Waals surface area contributed by atoms with Crippen LogP contribution in [-0.2, 0) is 4.79 Å². The molecule has 2 N–H and O–H groups in total. The molecule has 0 aromatic heterocycles. The molecule has 1 saturated heterocycles. The lowest BCUT2D eigenvalue weighted by molar-refractivity contribution is -0.135. The second kappa shape index (κ2) is 10.2. The van der Waals surface area contributed by atoms with Crippen molar-refractivity contribution in [2.75, 3.05) is 31.7 Å². The summed E-state index contributed by atoms with van der Waals surface area (Å²) in [7, 11) is 0. The van der Waals surface area contributed by atoms with Gasteiger partial charge in [0.05, 0.1) is 5.56 Å². The van der Waals surface area contributed by atoms with E-state index in [9.17, 15) is 14.7 Å². The maximum Gasteiger partial charge on any atom is 0.253 e. The third-order valence-electron chi connectivity index (χ3n) is 4.42. The Bertz CT molecular complexity index is 599. The Balaban J connectivity index is 2.08. The highest BCUT2D eigenvalue weighted by Gasteiger charge is 2.30. The molecule has 2 unspecified atom stereocenters. The number of aliphatic hydroxyl groups excluding tert-OH is 1. The quantitative estimate of drug-likeness (QED) is 0.699. The minimum absolute atomic E-state index is 0.0485. The third kappa shape index (κ3) is 5.72. The van der Waals surface area contributed by atoms with Crippen LogP contribution in [0.1, 0.15) is 29.6 Å². The molecule has 1 aromatic carbocycles. The molecule has 5 nitrogen and oxygen atoms in total. The summed E-state index contributed by atoms with van der Waals surface area (Å²) in [6, 6.07) is 6.65. The molecule has 0 radical (unpaired) electrons. The predicted octanol–water partition coefficient (Wildman–Crippen LogP) is 2.53. The normalized spacial score (nSPS) is 18.7. The fourth-order valence-electron chi connectivity index (χ4n) is 3.01. The van der Waals surface area contributed by atoms with Gasteiger partial charge in [0.15, 0.2) is 0 Å². The predicted molar refractivity (Wildman–Crippen MR) is 105 cm³/mol. The van der Waals surface area contributed by atoms with Gasteiger partial charge >= 0.3 is 0 Å². The van der Waals surface area contributed by atoms with Crippen LogP contribution in [0.2, 0.25) is 0 Å². The van der Waals surface area contributed by atoms with Crippen molar-refractivity contribution in [3.63, 3.8) is 0 Å². The fourth-order valence-corrected chi connectivity index (χ4v) is 3.95. The molecule has 138 valence electrons. The minimum atomic E-state index is -0.538. The van der Waals surface area contributed by atoms with Gasteiger partial charge in [0.1, 0.15) is 6.04 Å². The van der Waals surface area contributed by atoms with Crippen molar-refractivity contribution in [3.05, 3.63) is 34.3 Å². The first kappa shape index (κ1) is 20.3. The number of hydrogen-bond donors (Lipinski definition) is 2. The second-order valence-electron chi connectivity index (χ2n) is 6.26. The van der Waals surface area contributed by atoms with Gasteiger partial charge in [-0.1, -0.05) is 12.1 Å². The number of likely N-dealkylation sites (tertiary alicyclic amines) is 1. The summed E-state index contributed by atoms with van der Waals surface area (Å²) in [6.45, 7) is 1.36. The monoisotopic (exact) mass is 428 g/mol. The number of rotatable bonds is 7. The number of hydrogen-bond acceptors (Lipinski definition) is 4. The first-order valence-corrected chi connectivity index (χ1v) is 10.7. The Morgan fingerprint density at radius 2 is 2.20 bits per heavy atom. The van der Waals surface area contributed by atoms with E-state index in [1.54, 1.807) is 28.8 Å². The smallest absolute Gasteiger partial charge is 0.253 e. The fraction of sp³-hybridized carbons (Fsp3) is 0.556. The minimum Gasteiger partial charge on any atom is -0.396 e. The average Bonchev–Trinajstić information content (AvgIpc) is 2.64. The number of nitrogens with zero attached hydrogens (tertiary/aromatic N) is 1. The largest absolute Gasteiger partial charge is 0.396 e. The summed E-state index contributed by atoms with van der Waals surface area (Å²) in [6.07, 6.45) is 4.42. The molecule has 2 amide bonds.